The van der Waals surface area contributed by atoms with Gasteiger partial charge in [-0.1, -0.05) is 6.07 Å². The molecule has 0 aliphatic heterocycles. The molecule has 0 aliphatic rings. The zero-order valence-electron chi connectivity index (χ0n) is 8.77. The number of hydrogen-bond donors (Lipinski definition) is 3. The van der Waals surface area contributed by atoms with Gasteiger partial charge in [-0.15, -0.1) is 0 Å². The molecule has 3 N–H and O–H groups in total. The lowest BCUT2D eigenvalue weighted by atomic mass is 10.2. The van der Waals surface area contributed by atoms with Crippen molar-refractivity contribution < 1.29 is 4.79 Å². The fourth-order valence-corrected chi connectivity index (χ4v) is 1.63. The average Bonchev–Trinajstić information content (AvgIpc) is 3.00. The molecule has 6 nitrogen and oxygen atoms in total. The third-order valence-corrected chi connectivity index (χ3v) is 2.44. The molecule has 1 aromatic carbocycles. The summed E-state index contributed by atoms with van der Waals surface area (Å²) in [5.41, 5.74) is 2.50. The molecule has 2 aromatic heterocycles. The van der Waals surface area contributed by atoms with E-state index in [-0.39, 0.29) is 5.91 Å². The van der Waals surface area contributed by atoms with Gasteiger partial charge in [-0.2, -0.15) is 15.4 Å². The summed E-state index contributed by atoms with van der Waals surface area (Å²) < 4.78 is 0. The van der Waals surface area contributed by atoms with E-state index in [1.54, 1.807) is 24.4 Å². The Bertz CT molecular complexity index is 655. The topological polar surface area (TPSA) is 86.5 Å². The standard InChI is InChI=1S/C11H9N5O/c17-11(9-5-2-6-12-9)13-7-3-1-4-8-10(7)15-16-14-8/h1-6,12H,(H,13,17)(H,14,15,16). The smallest absolute Gasteiger partial charge is 0.272 e. The largest absolute Gasteiger partial charge is 0.357 e. The first-order valence-corrected chi connectivity index (χ1v) is 5.09. The van der Waals surface area contributed by atoms with Crippen LogP contribution in [0.1, 0.15) is 10.5 Å². The number of carbonyl (C=O) groups is 1. The van der Waals surface area contributed by atoms with Gasteiger partial charge in [0.2, 0.25) is 0 Å². The molecular weight excluding hydrogens is 218 g/mol. The van der Waals surface area contributed by atoms with Crippen LogP contribution in [0.5, 0.6) is 0 Å². The molecular formula is C11H9N5O. The molecule has 84 valence electrons. The normalized spacial score (nSPS) is 10.6. The Hall–Kier alpha value is -2.63. The van der Waals surface area contributed by atoms with Crippen molar-refractivity contribution in [1.29, 1.82) is 0 Å². The van der Waals surface area contributed by atoms with Crippen LogP contribution in [0.2, 0.25) is 0 Å². The van der Waals surface area contributed by atoms with Crippen LogP contribution in [-0.4, -0.2) is 26.3 Å². The third-order valence-electron chi connectivity index (χ3n) is 2.44. The van der Waals surface area contributed by atoms with Crippen LogP contribution in [0.15, 0.2) is 36.5 Å². The maximum absolute atomic E-state index is 11.8. The molecule has 0 atom stereocenters. The lowest BCUT2D eigenvalue weighted by Gasteiger charge is -2.03. The van der Waals surface area contributed by atoms with Crippen LogP contribution in [0.4, 0.5) is 5.69 Å². The maximum Gasteiger partial charge on any atom is 0.272 e. The first-order valence-electron chi connectivity index (χ1n) is 5.09. The Labute approximate surface area is 96.0 Å². The minimum Gasteiger partial charge on any atom is -0.357 e. The van der Waals surface area contributed by atoms with Crippen molar-refractivity contribution in [3.63, 3.8) is 0 Å². The summed E-state index contributed by atoms with van der Waals surface area (Å²) in [5, 5.41) is 13.3. The second kappa shape index (κ2) is 3.75. The van der Waals surface area contributed by atoms with Gasteiger partial charge in [0.1, 0.15) is 16.7 Å². The SMILES string of the molecule is O=C(Nc1cccc2n[nH]nc12)c1ccc[nH]1. The van der Waals surface area contributed by atoms with E-state index < -0.39 is 0 Å². The predicted octanol–water partition coefficient (Wildman–Crippen LogP) is 1.54. The Morgan fingerprint density at radius 1 is 1.18 bits per heavy atom. The number of nitrogens with one attached hydrogen (secondary N) is 3. The summed E-state index contributed by atoms with van der Waals surface area (Å²) in [6, 6.07) is 8.90. The number of nitrogens with zero attached hydrogens (tertiary/aromatic N) is 2. The monoisotopic (exact) mass is 227 g/mol. The predicted molar refractivity (Wildman–Crippen MR) is 62.6 cm³/mol. The minimum absolute atomic E-state index is 0.203. The van der Waals surface area contributed by atoms with E-state index in [1.807, 2.05) is 12.1 Å². The third kappa shape index (κ3) is 1.65. The maximum atomic E-state index is 11.8. The van der Waals surface area contributed by atoms with Gasteiger partial charge in [-0.25, -0.2) is 0 Å². The molecule has 0 unspecified atom stereocenters. The number of amides is 1. The summed E-state index contributed by atoms with van der Waals surface area (Å²) in [4.78, 5) is 14.7. The second-order valence-electron chi connectivity index (χ2n) is 3.53. The van der Waals surface area contributed by atoms with E-state index in [0.717, 1.165) is 0 Å². The molecule has 0 radical (unpaired) electrons. The van der Waals surface area contributed by atoms with Crippen molar-refractivity contribution in [1.82, 2.24) is 20.4 Å². The molecule has 0 spiro atoms. The van der Waals surface area contributed by atoms with E-state index in [2.05, 4.69) is 25.7 Å². The molecule has 17 heavy (non-hydrogen) atoms. The molecule has 0 fully saturated rings. The van der Waals surface area contributed by atoms with Crippen molar-refractivity contribution >= 4 is 22.6 Å². The summed E-state index contributed by atoms with van der Waals surface area (Å²) in [6.45, 7) is 0. The van der Waals surface area contributed by atoms with Crippen LogP contribution >= 0.6 is 0 Å². The number of fused-ring (bicyclic) bond motifs is 1. The van der Waals surface area contributed by atoms with Gasteiger partial charge >= 0.3 is 0 Å². The van der Waals surface area contributed by atoms with Gasteiger partial charge in [-0.05, 0) is 24.3 Å². The van der Waals surface area contributed by atoms with Crippen LogP contribution in [-0.2, 0) is 0 Å². The Morgan fingerprint density at radius 2 is 2.12 bits per heavy atom. The highest BCUT2D eigenvalue weighted by molar-refractivity contribution is 6.06. The molecule has 0 saturated carbocycles. The first kappa shape index (κ1) is 9.59. The van der Waals surface area contributed by atoms with Crippen molar-refractivity contribution in [3.05, 3.63) is 42.2 Å². The number of rotatable bonds is 2. The number of aromatic nitrogens is 4. The summed E-state index contributed by atoms with van der Waals surface area (Å²) in [6.07, 6.45) is 1.70. The first-order chi connectivity index (χ1) is 8.34. The van der Waals surface area contributed by atoms with E-state index in [9.17, 15) is 4.79 Å². The van der Waals surface area contributed by atoms with Crippen LogP contribution in [0, 0.1) is 0 Å². The fraction of sp³-hybridized carbons (Fsp3) is 0. The van der Waals surface area contributed by atoms with Crippen LogP contribution in [0.3, 0.4) is 0 Å². The Morgan fingerprint density at radius 3 is 2.94 bits per heavy atom. The summed E-state index contributed by atoms with van der Waals surface area (Å²) in [5.74, 6) is -0.203. The number of para-hydroxylation sites is 1. The molecule has 0 aliphatic carbocycles. The van der Waals surface area contributed by atoms with Crippen molar-refractivity contribution in [2.24, 2.45) is 0 Å². The van der Waals surface area contributed by atoms with Crippen molar-refractivity contribution in [3.8, 4) is 0 Å². The molecule has 0 bridgehead atoms. The number of anilines is 1. The minimum atomic E-state index is -0.203. The Balaban J connectivity index is 1.95. The van der Waals surface area contributed by atoms with Gasteiger partial charge in [0, 0.05) is 6.20 Å². The number of hydrogen-bond acceptors (Lipinski definition) is 3. The molecule has 0 saturated heterocycles. The van der Waals surface area contributed by atoms with Gasteiger partial charge in [0.05, 0.1) is 5.69 Å². The molecule has 3 aromatic rings. The Kier molecular flexibility index (Phi) is 2.11. The van der Waals surface area contributed by atoms with Gasteiger partial charge < -0.3 is 10.3 Å². The molecule has 1 amide bonds. The number of benzene rings is 1. The number of aromatic amines is 2. The zero-order chi connectivity index (χ0) is 11.7. The summed E-state index contributed by atoms with van der Waals surface area (Å²) in [7, 11) is 0. The lowest BCUT2D eigenvalue weighted by Crippen LogP contribution is -2.12. The zero-order valence-corrected chi connectivity index (χ0v) is 8.77. The second-order valence-corrected chi connectivity index (χ2v) is 3.53. The van der Waals surface area contributed by atoms with Crippen molar-refractivity contribution in [2.45, 2.75) is 0 Å². The highest BCUT2D eigenvalue weighted by atomic mass is 16.1. The van der Waals surface area contributed by atoms with E-state index in [0.29, 0.717) is 22.4 Å². The highest BCUT2D eigenvalue weighted by Crippen LogP contribution is 2.19. The quantitative estimate of drug-likeness (QED) is 0.620. The van der Waals surface area contributed by atoms with Gasteiger partial charge in [0.15, 0.2) is 0 Å². The van der Waals surface area contributed by atoms with Gasteiger partial charge in [-0.3, -0.25) is 4.79 Å². The lowest BCUT2D eigenvalue weighted by molar-refractivity contribution is 0.102. The van der Waals surface area contributed by atoms with E-state index in [1.165, 1.54) is 0 Å². The van der Waals surface area contributed by atoms with Crippen LogP contribution in [0.25, 0.3) is 11.0 Å². The number of carbonyl (C=O) groups excluding carboxylic acids is 1. The van der Waals surface area contributed by atoms with E-state index >= 15 is 0 Å². The van der Waals surface area contributed by atoms with Crippen molar-refractivity contribution in [2.75, 3.05) is 5.32 Å². The fourth-order valence-electron chi connectivity index (χ4n) is 1.63. The number of H-pyrrole nitrogens is 2. The summed E-state index contributed by atoms with van der Waals surface area (Å²) >= 11 is 0. The highest BCUT2D eigenvalue weighted by Gasteiger charge is 2.10. The van der Waals surface area contributed by atoms with Crippen LogP contribution < -0.4 is 5.32 Å². The molecule has 2 heterocycles. The average molecular weight is 227 g/mol. The molecule has 3 rings (SSSR count). The van der Waals surface area contributed by atoms with E-state index in [4.69, 9.17) is 0 Å². The van der Waals surface area contributed by atoms with Gasteiger partial charge in [0.25, 0.3) is 5.91 Å². The molecule has 6 heteroatoms.